The van der Waals surface area contributed by atoms with E-state index in [2.05, 4.69) is 10.7 Å². The minimum Gasteiger partial charge on any atom is -0.480 e. The van der Waals surface area contributed by atoms with Gasteiger partial charge in [-0.3, -0.25) is 10.2 Å². The molecule has 1 heterocycles. The molecule has 0 saturated carbocycles. The summed E-state index contributed by atoms with van der Waals surface area (Å²) in [6.07, 6.45) is -0.790. The molecule has 0 aromatic carbocycles. The van der Waals surface area contributed by atoms with Crippen molar-refractivity contribution in [3.63, 3.8) is 0 Å². The van der Waals surface area contributed by atoms with Crippen LogP contribution in [0.15, 0.2) is 0 Å². The molecule has 0 bridgehead atoms. The number of aliphatic carboxylic acids is 1. The van der Waals surface area contributed by atoms with E-state index in [0.717, 1.165) is 0 Å². The zero-order chi connectivity index (χ0) is 15.5. The summed E-state index contributed by atoms with van der Waals surface area (Å²) in [5.41, 5.74) is 1.85. The quantitative estimate of drug-likeness (QED) is 0.669. The first kappa shape index (κ1) is 16.2. The number of hydrogen-bond acceptors (Lipinski definition) is 5. The van der Waals surface area contributed by atoms with E-state index in [0.29, 0.717) is 6.54 Å². The first-order valence-electron chi connectivity index (χ1n) is 6.32. The molecule has 114 valence electrons. The van der Waals surface area contributed by atoms with Crippen molar-refractivity contribution in [1.82, 2.24) is 15.8 Å². The number of carboxylic acid groups (broad SMARTS) is 1. The van der Waals surface area contributed by atoms with E-state index < -0.39 is 29.6 Å². The Kier molecular flexibility index (Phi) is 4.93. The monoisotopic (exact) mass is 287 g/mol. The third kappa shape index (κ3) is 5.04. The highest BCUT2D eigenvalue weighted by Crippen LogP contribution is 2.14. The number of alkyl carbamates (subject to hydrolysis) is 1. The van der Waals surface area contributed by atoms with E-state index in [1.54, 1.807) is 32.8 Å². The van der Waals surface area contributed by atoms with E-state index in [-0.39, 0.29) is 12.3 Å². The molecule has 0 radical (unpaired) electrons. The van der Waals surface area contributed by atoms with Crippen LogP contribution in [-0.4, -0.2) is 53.3 Å². The van der Waals surface area contributed by atoms with Gasteiger partial charge in [-0.15, -0.1) is 0 Å². The van der Waals surface area contributed by atoms with E-state index in [9.17, 15) is 14.4 Å². The number of nitrogens with one attached hydrogen (secondary N) is 2. The molecule has 8 heteroatoms. The van der Waals surface area contributed by atoms with Crippen LogP contribution >= 0.6 is 0 Å². The van der Waals surface area contributed by atoms with E-state index in [1.165, 1.54) is 0 Å². The number of rotatable bonds is 4. The highest BCUT2D eigenvalue weighted by atomic mass is 16.6. The van der Waals surface area contributed by atoms with Gasteiger partial charge in [-0.25, -0.2) is 14.6 Å². The van der Waals surface area contributed by atoms with Crippen LogP contribution in [0, 0.1) is 5.92 Å². The van der Waals surface area contributed by atoms with E-state index in [1.807, 2.05) is 0 Å². The lowest BCUT2D eigenvalue weighted by molar-refractivity contribution is -0.140. The van der Waals surface area contributed by atoms with Gasteiger partial charge in [0.2, 0.25) is 5.91 Å². The fourth-order valence-corrected chi connectivity index (χ4v) is 1.88. The predicted molar refractivity (Wildman–Crippen MR) is 69.7 cm³/mol. The smallest absolute Gasteiger partial charge is 0.408 e. The Balaban J connectivity index is 2.59. The molecule has 20 heavy (non-hydrogen) atoms. The predicted octanol–water partition coefficient (Wildman–Crippen LogP) is -0.0528. The average Bonchev–Trinajstić information content (AvgIpc) is 2.53. The lowest BCUT2D eigenvalue weighted by atomic mass is 10.0. The first-order valence-corrected chi connectivity index (χ1v) is 6.32. The second kappa shape index (κ2) is 6.08. The Morgan fingerprint density at radius 2 is 2.15 bits per heavy atom. The highest BCUT2D eigenvalue weighted by molar-refractivity contribution is 5.83. The van der Waals surface area contributed by atoms with E-state index in [4.69, 9.17) is 9.84 Å². The second-order valence-electron chi connectivity index (χ2n) is 5.83. The summed E-state index contributed by atoms with van der Waals surface area (Å²) in [6, 6.07) is -1.16. The minimum atomic E-state index is -1.20. The molecule has 1 aliphatic rings. The van der Waals surface area contributed by atoms with Crippen molar-refractivity contribution in [3.05, 3.63) is 0 Å². The van der Waals surface area contributed by atoms with Crippen LogP contribution in [0.1, 0.15) is 27.2 Å². The summed E-state index contributed by atoms with van der Waals surface area (Å²) in [5.74, 6) is -1.92. The van der Waals surface area contributed by atoms with Gasteiger partial charge in [0, 0.05) is 13.6 Å². The fraction of sp³-hybridized carbons (Fsp3) is 0.750. The summed E-state index contributed by atoms with van der Waals surface area (Å²) in [6.45, 7) is 5.45. The van der Waals surface area contributed by atoms with Crippen molar-refractivity contribution in [2.45, 2.75) is 38.8 Å². The van der Waals surface area contributed by atoms with Gasteiger partial charge in [-0.1, -0.05) is 0 Å². The zero-order valence-electron chi connectivity index (χ0n) is 12.1. The summed E-state index contributed by atoms with van der Waals surface area (Å²) in [7, 11) is 1.69. The maximum atomic E-state index is 11.6. The van der Waals surface area contributed by atoms with Crippen molar-refractivity contribution < 1.29 is 24.2 Å². The van der Waals surface area contributed by atoms with Crippen molar-refractivity contribution in [1.29, 1.82) is 0 Å². The topological polar surface area (TPSA) is 108 Å². The molecule has 1 aliphatic heterocycles. The van der Waals surface area contributed by atoms with Crippen LogP contribution in [0.5, 0.6) is 0 Å². The van der Waals surface area contributed by atoms with Crippen LogP contribution in [0.4, 0.5) is 4.79 Å². The SMILES string of the molecule is CN1C[C@@H](C[C@H](NC(=O)OC(C)(C)C)C(=O)O)C(=O)N1. The molecule has 1 rings (SSSR count). The molecule has 0 aromatic rings. The van der Waals surface area contributed by atoms with Crippen LogP contribution < -0.4 is 10.7 Å². The minimum absolute atomic E-state index is 0.0186. The molecule has 1 fully saturated rings. The largest absolute Gasteiger partial charge is 0.480 e. The summed E-state index contributed by atoms with van der Waals surface area (Å²) in [5, 5.41) is 13.0. The molecule has 3 N–H and O–H groups in total. The molecular formula is C12H21N3O5. The first-order chi connectivity index (χ1) is 9.08. The maximum Gasteiger partial charge on any atom is 0.408 e. The molecule has 2 amide bonds. The molecule has 1 saturated heterocycles. The number of hydrazine groups is 1. The molecule has 0 aliphatic carbocycles. The molecule has 2 atom stereocenters. The van der Waals surface area contributed by atoms with Crippen molar-refractivity contribution in [2.75, 3.05) is 13.6 Å². The third-order valence-corrected chi connectivity index (χ3v) is 2.68. The highest BCUT2D eigenvalue weighted by Gasteiger charge is 2.34. The second-order valence-corrected chi connectivity index (χ2v) is 5.83. The van der Waals surface area contributed by atoms with Crippen LogP contribution in [0.3, 0.4) is 0 Å². The molecular weight excluding hydrogens is 266 g/mol. The standard InChI is InChI=1S/C12H21N3O5/c1-12(2,3)20-11(19)13-8(10(17)18)5-7-6-15(4)14-9(7)16/h7-8H,5-6H2,1-4H3,(H,13,19)(H,14,16)(H,17,18)/t7-,8+/m1/s1. The van der Waals surface area contributed by atoms with Gasteiger partial charge in [0.15, 0.2) is 0 Å². The molecule has 8 nitrogen and oxygen atoms in total. The van der Waals surface area contributed by atoms with Crippen LogP contribution in [0.25, 0.3) is 0 Å². The molecule has 0 aromatic heterocycles. The molecule has 0 unspecified atom stereocenters. The van der Waals surface area contributed by atoms with Crippen LogP contribution in [0.2, 0.25) is 0 Å². The van der Waals surface area contributed by atoms with Gasteiger partial charge in [0.05, 0.1) is 5.92 Å². The number of amides is 2. The lowest BCUT2D eigenvalue weighted by Crippen LogP contribution is -2.45. The van der Waals surface area contributed by atoms with Crippen molar-refractivity contribution in [2.24, 2.45) is 5.92 Å². The number of carbonyl (C=O) groups excluding carboxylic acids is 2. The van der Waals surface area contributed by atoms with Gasteiger partial charge < -0.3 is 15.2 Å². The van der Waals surface area contributed by atoms with Gasteiger partial charge >= 0.3 is 12.1 Å². The van der Waals surface area contributed by atoms with Crippen molar-refractivity contribution in [3.8, 4) is 0 Å². The van der Waals surface area contributed by atoms with Gasteiger partial charge in [-0.2, -0.15) is 0 Å². The number of carbonyl (C=O) groups is 3. The number of carboxylic acids is 1. The van der Waals surface area contributed by atoms with Gasteiger partial charge in [-0.05, 0) is 27.2 Å². The number of hydrogen-bond donors (Lipinski definition) is 3. The lowest BCUT2D eigenvalue weighted by Gasteiger charge is -2.22. The zero-order valence-corrected chi connectivity index (χ0v) is 12.1. The van der Waals surface area contributed by atoms with Crippen molar-refractivity contribution >= 4 is 18.0 Å². The van der Waals surface area contributed by atoms with Crippen LogP contribution in [-0.2, 0) is 14.3 Å². The summed E-state index contributed by atoms with van der Waals surface area (Å²) >= 11 is 0. The number of ether oxygens (including phenoxy) is 1. The third-order valence-electron chi connectivity index (χ3n) is 2.68. The van der Waals surface area contributed by atoms with Gasteiger partial charge in [0.25, 0.3) is 0 Å². The van der Waals surface area contributed by atoms with E-state index >= 15 is 0 Å². The Labute approximate surface area is 117 Å². The normalized spacial score (nSPS) is 21.2. The maximum absolute atomic E-state index is 11.6. The summed E-state index contributed by atoms with van der Waals surface area (Å²) < 4.78 is 5.01. The number of nitrogens with zero attached hydrogens (tertiary/aromatic N) is 1. The Morgan fingerprint density at radius 3 is 2.55 bits per heavy atom. The Hall–Kier alpha value is -1.83. The van der Waals surface area contributed by atoms with Gasteiger partial charge in [0.1, 0.15) is 11.6 Å². The molecule has 0 spiro atoms. The Bertz CT molecular complexity index is 404. The summed E-state index contributed by atoms with van der Waals surface area (Å²) in [4.78, 5) is 34.3. The fourth-order valence-electron chi connectivity index (χ4n) is 1.88. The Morgan fingerprint density at radius 1 is 1.55 bits per heavy atom. The average molecular weight is 287 g/mol.